The Hall–Kier alpha value is -0.970. The van der Waals surface area contributed by atoms with Crippen LogP contribution < -0.4 is 5.32 Å². The van der Waals surface area contributed by atoms with Crippen molar-refractivity contribution in [3.63, 3.8) is 0 Å². The third-order valence-corrected chi connectivity index (χ3v) is 3.30. The topological polar surface area (TPSA) is 37.8 Å². The molecule has 2 aromatic heterocycles. The molecule has 1 N–H and O–H groups in total. The highest BCUT2D eigenvalue weighted by molar-refractivity contribution is 7.16. The van der Waals surface area contributed by atoms with Crippen molar-refractivity contribution in [2.45, 2.75) is 20.0 Å². The van der Waals surface area contributed by atoms with Crippen LogP contribution in [0, 0.1) is 6.92 Å². The molecule has 0 unspecified atom stereocenters. The fraction of sp³-hybridized carbons (Fsp3) is 0.273. The molecule has 0 saturated carbocycles. The molecule has 0 atom stereocenters. The van der Waals surface area contributed by atoms with Gasteiger partial charge in [0.15, 0.2) is 0 Å². The molecule has 0 aromatic carbocycles. The number of aromatic nitrogens is 2. The Labute approximate surface area is 104 Å². The van der Waals surface area contributed by atoms with E-state index in [1.165, 1.54) is 4.88 Å². The summed E-state index contributed by atoms with van der Waals surface area (Å²) in [6.45, 7) is 3.46. The molecule has 2 heterocycles. The SMILES string of the molecule is Cc1nccc(CNCc2ccc(Cl)s2)n1. The Morgan fingerprint density at radius 2 is 2.19 bits per heavy atom. The number of aryl methyl sites for hydroxylation is 1. The number of nitrogens with one attached hydrogen (secondary N) is 1. The Morgan fingerprint density at radius 3 is 2.88 bits per heavy atom. The van der Waals surface area contributed by atoms with Gasteiger partial charge in [0, 0.05) is 24.2 Å². The molecule has 0 radical (unpaired) electrons. The van der Waals surface area contributed by atoms with E-state index in [4.69, 9.17) is 11.6 Å². The van der Waals surface area contributed by atoms with E-state index >= 15 is 0 Å². The van der Waals surface area contributed by atoms with Gasteiger partial charge in [-0.25, -0.2) is 9.97 Å². The van der Waals surface area contributed by atoms with Gasteiger partial charge in [-0.15, -0.1) is 11.3 Å². The first-order chi connectivity index (χ1) is 7.74. The molecule has 0 aliphatic carbocycles. The molecule has 0 fully saturated rings. The van der Waals surface area contributed by atoms with Crippen molar-refractivity contribution in [2.75, 3.05) is 0 Å². The van der Waals surface area contributed by atoms with Crippen LogP contribution in [0.2, 0.25) is 4.34 Å². The van der Waals surface area contributed by atoms with Crippen LogP contribution in [0.4, 0.5) is 0 Å². The number of nitrogens with zero attached hydrogens (tertiary/aromatic N) is 2. The van der Waals surface area contributed by atoms with Crippen LogP contribution in [0.1, 0.15) is 16.4 Å². The summed E-state index contributed by atoms with van der Waals surface area (Å²) >= 11 is 7.44. The zero-order chi connectivity index (χ0) is 11.4. The van der Waals surface area contributed by atoms with Crippen LogP contribution >= 0.6 is 22.9 Å². The van der Waals surface area contributed by atoms with Crippen LogP contribution in [0.3, 0.4) is 0 Å². The third kappa shape index (κ3) is 3.27. The summed E-state index contributed by atoms with van der Waals surface area (Å²) in [5.74, 6) is 0.804. The zero-order valence-corrected chi connectivity index (χ0v) is 10.5. The molecule has 84 valence electrons. The number of rotatable bonds is 4. The number of hydrogen-bond acceptors (Lipinski definition) is 4. The van der Waals surface area contributed by atoms with Gasteiger partial charge in [0.2, 0.25) is 0 Å². The van der Waals surface area contributed by atoms with Crippen LogP contribution in [0.15, 0.2) is 24.4 Å². The first-order valence-electron chi connectivity index (χ1n) is 4.97. The maximum absolute atomic E-state index is 5.85. The fourth-order valence-electron chi connectivity index (χ4n) is 1.36. The molecule has 0 saturated heterocycles. The third-order valence-electron chi connectivity index (χ3n) is 2.07. The van der Waals surface area contributed by atoms with Gasteiger partial charge in [0.05, 0.1) is 10.0 Å². The van der Waals surface area contributed by atoms with Gasteiger partial charge in [-0.2, -0.15) is 0 Å². The second kappa shape index (κ2) is 5.39. The molecule has 0 bridgehead atoms. The van der Waals surface area contributed by atoms with Crippen LogP contribution in [0.5, 0.6) is 0 Å². The van der Waals surface area contributed by atoms with E-state index in [0.717, 1.165) is 28.9 Å². The molecular weight excluding hydrogens is 242 g/mol. The van der Waals surface area contributed by atoms with E-state index in [1.807, 2.05) is 25.1 Å². The monoisotopic (exact) mass is 253 g/mol. The highest BCUT2D eigenvalue weighted by atomic mass is 35.5. The number of hydrogen-bond donors (Lipinski definition) is 1. The fourth-order valence-corrected chi connectivity index (χ4v) is 2.42. The minimum absolute atomic E-state index is 0.749. The van der Waals surface area contributed by atoms with Crippen LogP contribution in [0.25, 0.3) is 0 Å². The molecular formula is C11H12ClN3S. The lowest BCUT2D eigenvalue weighted by Gasteiger charge is -2.02. The maximum Gasteiger partial charge on any atom is 0.125 e. The Morgan fingerprint density at radius 1 is 1.31 bits per heavy atom. The maximum atomic E-state index is 5.85. The van der Waals surface area contributed by atoms with Crippen molar-refractivity contribution in [1.29, 1.82) is 0 Å². The molecule has 3 nitrogen and oxygen atoms in total. The molecule has 0 aliphatic rings. The van der Waals surface area contributed by atoms with E-state index in [2.05, 4.69) is 15.3 Å². The lowest BCUT2D eigenvalue weighted by molar-refractivity contribution is 0.681. The highest BCUT2D eigenvalue weighted by Crippen LogP contribution is 2.20. The average molecular weight is 254 g/mol. The summed E-state index contributed by atoms with van der Waals surface area (Å²) in [4.78, 5) is 9.60. The molecule has 16 heavy (non-hydrogen) atoms. The summed E-state index contributed by atoms with van der Waals surface area (Å²) in [6.07, 6.45) is 1.78. The lowest BCUT2D eigenvalue weighted by atomic mass is 10.4. The smallest absolute Gasteiger partial charge is 0.125 e. The Kier molecular flexibility index (Phi) is 3.88. The van der Waals surface area contributed by atoms with E-state index in [9.17, 15) is 0 Å². The predicted octanol–water partition coefficient (Wildman–Crippen LogP) is 2.79. The van der Waals surface area contributed by atoms with Crippen molar-refractivity contribution >= 4 is 22.9 Å². The van der Waals surface area contributed by atoms with E-state index in [0.29, 0.717) is 0 Å². The van der Waals surface area contributed by atoms with Crippen molar-refractivity contribution in [2.24, 2.45) is 0 Å². The normalized spacial score (nSPS) is 10.6. The van der Waals surface area contributed by atoms with Gasteiger partial charge in [-0.3, -0.25) is 0 Å². The van der Waals surface area contributed by atoms with Crippen molar-refractivity contribution in [1.82, 2.24) is 15.3 Å². The van der Waals surface area contributed by atoms with E-state index < -0.39 is 0 Å². The lowest BCUT2D eigenvalue weighted by Crippen LogP contribution is -2.13. The van der Waals surface area contributed by atoms with Gasteiger partial charge < -0.3 is 5.32 Å². The summed E-state index contributed by atoms with van der Waals surface area (Å²) < 4.78 is 0.828. The molecule has 0 spiro atoms. The van der Waals surface area contributed by atoms with Crippen molar-refractivity contribution < 1.29 is 0 Å². The second-order valence-corrected chi connectivity index (χ2v) is 5.20. The minimum atomic E-state index is 0.749. The van der Waals surface area contributed by atoms with E-state index in [1.54, 1.807) is 17.5 Å². The zero-order valence-electron chi connectivity index (χ0n) is 8.90. The van der Waals surface area contributed by atoms with Gasteiger partial charge in [-0.05, 0) is 25.1 Å². The quantitative estimate of drug-likeness (QED) is 0.911. The van der Waals surface area contributed by atoms with Gasteiger partial charge in [-0.1, -0.05) is 11.6 Å². The molecule has 2 aromatic rings. The van der Waals surface area contributed by atoms with E-state index in [-0.39, 0.29) is 0 Å². The van der Waals surface area contributed by atoms with Crippen molar-refractivity contribution in [3.05, 3.63) is 45.1 Å². The van der Waals surface area contributed by atoms with Crippen LogP contribution in [-0.2, 0) is 13.1 Å². The average Bonchev–Trinajstić information content (AvgIpc) is 2.64. The highest BCUT2D eigenvalue weighted by Gasteiger charge is 1.99. The van der Waals surface area contributed by atoms with Crippen LogP contribution in [-0.4, -0.2) is 9.97 Å². The summed E-state index contributed by atoms with van der Waals surface area (Å²) in [7, 11) is 0. The minimum Gasteiger partial charge on any atom is -0.306 e. The molecule has 2 rings (SSSR count). The Bertz CT molecular complexity index is 470. The predicted molar refractivity (Wildman–Crippen MR) is 66.6 cm³/mol. The first-order valence-corrected chi connectivity index (χ1v) is 6.17. The second-order valence-electron chi connectivity index (χ2n) is 3.40. The first kappa shape index (κ1) is 11.5. The summed E-state index contributed by atoms with van der Waals surface area (Å²) in [5.41, 5.74) is 1.01. The summed E-state index contributed by atoms with van der Waals surface area (Å²) in [5, 5.41) is 3.32. The standard InChI is InChI=1S/C11H12ClN3S/c1-8-14-5-4-9(15-8)6-13-7-10-2-3-11(12)16-10/h2-5,13H,6-7H2,1H3. The molecule has 0 aliphatic heterocycles. The summed E-state index contributed by atoms with van der Waals surface area (Å²) in [6, 6.07) is 5.87. The van der Waals surface area contributed by atoms with Gasteiger partial charge in [0.1, 0.15) is 5.82 Å². The number of halogens is 1. The van der Waals surface area contributed by atoms with Crippen molar-refractivity contribution in [3.8, 4) is 0 Å². The molecule has 0 amide bonds. The van der Waals surface area contributed by atoms with Gasteiger partial charge in [0.25, 0.3) is 0 Å². The largest absolute Gasteiger partial charge is 0.306 e. The van der Waals surface area contributed by atoms with Gasteiger partial charge >= 0.3 is 0 Å². The number of thiophene rings is 1. The molecule has 5 heteroatoms. The Balaban J connectivity index is 1.84.